The summed E-state index contributed by atoms with van der Waals surface area (Å²) < 4.78 is 0. The van der Waals surface area contributed by atoms with E-state index in [-0.39, 0.29) is 0 Å². The second-order valence-electron chi connectivity index (χ2n) is 5.41. The van der Waals surface area contributed by atoms with Gasteiger partial charge in [-0.25, -0.2) is 0 Å². The Labute approximate surface area is 101 Å². The lowest BCUT2D eigenvalue weighted by Crippen LogP contribution is -2.39. The fourth-order valence-electron chi connectivity index (χ4n) is 2.32. The van der Waals surface area contributed by atoms with Gasteiger partial charge in [0.15, 0.2) is 0 Å². The fraction of sp³-hybridized carbons (Fsp3) is 1.00. The van der Waals surface area contributed by atoms with Crippen LogP contribution in [0.3, 0.4) is 0 Å². The quantitative estimate of drug-likeness (QED) is 0.740. The summed E-state index contributed by atoms with van der Waals surface area (Å²) in [5, 5.41) is 3.67. The number of likely N-dealkylation sites (N-methyl/N-ethyl adjacent to an activating group) is 2. The van der Waals surface area contributed by atoms with Crippen LogP contribution >= 0.6 is 0 Å². The van der Waals surface area contributed by atoms with Crippen molar-refractivity contribution in [3.8, 4) is 0 Å². The first-order chi connectivity index (χ1) is 7.54. The van der Waals surface area contributed by atoms with Gasteiger partial charge < -0.3 is 15.1 Å². The van der Waals surface area contributed by atoms with E-state index in [0.717, 1.165) is 19.1 Å². The van der Waals surface area contributed by atoms with Gasteiger partial charge in [-0.3, -0.25) is 0 Å². The van der Waals surface area contributed by atoms with Crippen LogP contribution in [0.25, 0.3) is 0 Å². The Morgan fingerprint density at radius 2 is 2.19 bits per heavy atom. The summed E-state index contributed by atoms with van der Waals surface area (Å²) in [4.78, 5) is 4.88. The standard InChI is InChI=1S/C13H29N3/c1-6-11(2)15(4)8-7-14-13-9-12(3)16(5)10-13/h11-14H,6-10H2,1-5H3. The van der Waals surface area contributed by atoms with Gasteiger partial charge in [0.2, 0.25) is 0 Å². The van der Waals surface area contributed by atoms with Gasteiger partial charge in [-0.1, -0.05) is 6.92 Å². The van der Waals surface area contributed by atoms with Gasteiger partial charge in [0.25, 0.3) is 0 Å². The normalized spacial score (nSPS) is 28.9. The van der Waals surface area contributed by atoms with Gasteiger partial charge in [-0.2, -0.15) is 0 Å². The second-order valence-corrected chi connectivity index (χ2v) is 5.41. The highest BCUT2D eigenvalue weighted by Crippen LogP contribution is 2.14. The lowest BCUT2D eigenvalue weighted by Gasteiger charge is -2.24. The minimum atomic E-state index is 0.699. The molecule has 1 heterocycles. The summed E-state index contributed by atoms with van der Waals surface area (Å²) in [6, 6.07) is 2.14. The third-order valence-corrected chi connectivity index (χ3v) is 4.13. The molecule has 3 atom stereocenters. The number of rotatable bonds is 6. The number of hydrogen-bond acceptors (Lipinski definition) is 3. The topological polar surface area (TPSA) is 18.5 Å². The Hall–Kier alpha value is -0.120. The molecule has 1 aliphatic rings. The number of hydrogen-bond donors (Lipinski definition) is 1. The minimum Gasteiger partial charge on any atom is -0.311 e. The van der Waals surface area contributed by atoms with Crippen LogP contribution in [-0.2, 0) is 0 Å². The number of nitrogens with one attached hydrogen (secondary N) is 1. The van der Waals surface area contributed by atoms with Crippen molar-refractivity contribution in [3.05, 3.63) is 0 Å². The third-order valence-electron chi connectivity index (χ3n) is 4.13. The largest absolute Gasteiger partial charge is 0.311 e. The summed E-state index contributed by atoms with van der Waals surface area (Å²) in [5.74, 6) is 0. The zero-order valence-electron chi connectivity index (χ0n) is 11.7. The highest BCUT2D eigenvalue weighted by Gasteiger charge is 2.25. The molecule has 0 aromatic carbocycles. The van der Waals surface area contributed by atoms with Crippen LogP contribution in [-0.4, -0.2) is 61.7 Å². The van der Waals surface area contributed by atoms with E-state index in [2.05, 4.69) is 50.0 Å². The summed E-state index contributed by atoms with van der Waals surface area (Å²) >= 11 is 0. The van der Waals surface area contributed by atoms with E-state index in [9.17, 15) is 0 Å². The highest BCUT2D eigenvalue weighted by molar-refractivity contribution is 4.85. The molecule has 1 fully saturated rings. The van der Waals surface area contributed by atoms with Gasteiger partial charge in [0.05, 0.1) is 0 Å². The van der Waals surface area contributed by atoms with E-state index in [1.54, 1.807) is 0 Å². The monoisotopic (exact) mass is 227 g/mol. The molecule has 1 aliphatic heterocycles. The minimum absolute atomic E-state index is 0.699. The van der Waals surface area contributed by atoms with Crippen LogP contribution < -0.4 is 5.32 Å². The van der Waals surface area contributed by atoms with Crippen LogP contribution in [0.15, 0.2) is 0 Å². The zero-order chi connectivity index (χ0) is 12.1. The van der Waals surface area contributed by atoms with E-state index >= 15 is 0 Å². The molecule has 0 amide bonds. The molecule has 3 nitrogen and oxygen atoms in total. The maximum atomic E-state index is 3.67. The summed E-state index contributed by atoms with van der Waals surface area (Å²) in [6.45, 7) is 10.3. The van der Waals surface area contributed by atoms with Crippen LogP contribution in [0.4, 0.5) is 0 Å². The molecule has 0 radical (unpaired) electrons. The molecule has 0 spiro atoms. The average Bonchev–Trinajstić information content (AvgIpc) is 2.57. The van der Waals surface area contributed by atoms with Crippen LogP contribution in [0.5, 0.6) is 0 Å². The van der Waals surface area contributed by atoms with Crippen molar-refractivity contribution in [2.75, 3.05) is 33.7 Å². The van der Waals surface area contributed by atoms with Crippen molar-refractivity contribution in [2.24, 2.45) is 0 Å². The number of nitrogens with zero attached hydrogens (tertiary/aromatic N) is 2. The summed E-state index contributed by atoms with van der Waals surface area (Å²) in [5.41, 5.74) is 0. The lowest BCUT2D eigenvalue weighted by atomic mass is 10.2. The maximum absolute atomic E-state index is 3.67. The molecule has 3 unspecified atom stereocenters. The molecule has 96 valence electrons. The summed E-state index contributed by atoms with van der Waals surface area (Å²) in [7, 11) is 4.44. The van der Waals surface area contributed by atoms with E-state index in [1.807, 2.05) is 0 Å². The number of likely N-dealkylation sites (tertiary alicyclic amines) is 1. The zero-order valence-corrected chi connectivity index (χ0v) is 11.7. The fourth-order valence-corrected chi connectivity index (χ4v) is 2.32. The first kappa shape index (κ1) is 13.9. The Balaban J connectivity index is 2.12. The smallest absolute Gasteiger partial charge is 0.0210 e. The molecule has 1 saturated heterocycles. The van der Waals surface area contributed by atoms with Crippen LogP contribution in [0.2, 0.25) is 0 Å². The van der Waals surface area contributed by atoms with E-state index in [4.69, 9.17) is 0 Å². The molecule has 0 saturated carbocycles. The SMILES string of the molecule is CCC(C)N(C)CCNC1CC(C)N(C)C1. The highest BCUT2D eigenvalue weighted by atomic mass is 15.2. The molecule has 0 bridgehead atoms. The van der Waals surface area contributed by atoms with Crippen molar-refractivity contribution in [2.45, 2.75) is 51.7 Å². The maximum Gasteiger partial charge on any atom is 0.0210 e. The van der Waals surface area contributed by atoms with Crippen molar-refractivity contribution in [1.29, 1.82) is 0 Å². The Morgan fingerprint density at radius 3 is 2.69 bits per heavy atom. The van der Waals surface area contributed by atoms with Crippen molar-refractivity contribution < 1.29 is 0 Å². The Morgan fingerprint density at radius 1 is 1.50 bits per heavy atom. The molecular formula is C13H29N3. The molecular weight excluding hydrogens is 198 g/mol. The molecule has 16 heavy (non-hydrogen) atoms. The molecule has 0 aliphatic carbocycles. The van der Waals surface area contributed by atoms with E-state index in [0.29, 0.717) is 12.1 Å². The van der Waals surface area contributed by atoms with Gasteiger partial charge in [-0.05, 0) is 40.8 Å². The molecule has 0 aromatic rings. The first-order valence-electron chi connectivity index (χ1n) is 6.68. The van der Waals surface area contributed by atoms with E-state index < -0.39 is 0 Å². The average molecular weight is 227 g/mol. The molecule has 3 heteroatoms. The van der Waals surface area contributed by atoms with Crippen molar-refractivity contribution in [1.82, 2.24) is 15.1 Å². The summed E-state index contributed by atoms with van der Waals surface area (Å²) in [6.07, 6.45) is 2.53. The first-order valence-corrected chi connectivity index (χ1v) is 6.68. The molecule has 1 rings (SSSR count). The van der Waals surface area contributed by atoms with Gasteiger partial charge in [0, 0.05) is 37.8 Å². The Bertz CT molecular complexity index is 186. The molecule has 1 N–H and O–H groups in total. The van der Waals surface area contributed by atoms with Gasteiger partial charge >= 0.3 is 0 Å². The van der Waals surface area contributed by atoms with Crippen LogP contribution in [0, 0.1) is 0 Å². The predicted molar refractivity (Wildman–Crippen MR) is 70.9 cm³/mol. The predicted octanol–water partition coefficient (Wildman–Crippen LogP) is 1.40. The van der Waals surface area contributed by atoms with Gasteiger partial charge in [-0.15, -0.1) is 0 Å². The Kier molecular flexibility index (Phi) is 5.73. The van der Waals surface area contributed by atoms with E-state index in [1.165, 1.54) is 19.4 Å². The second kappa shape index (κ2) is 6.58. The van der Waals surface area contributed by atoms with Crippen LogP contribution in [0.1, 0.15) is 33.6 Å². The van der Waals surface area contributed by atoms with Crippen molar-refractivity contribution in [3.63, 3.8) is 0 Å². The third kappa shape index (κ3) is 4.04. The molecule has 0 aromatic heterocycles. The van der Waals surface area contributed by atoms with Crippen molar-refractivity contribution >= 4 is 0 Å². The lowest BCUT2D eigenvalue weighted by molar-refractivity contribution is 0.248. The van der Waals surface area contributed by atoms with Gasteiger partial charge in [0.1, 0.15) is 0 Å².